The molecule has 0 bridgehead atoms. The van der Waals surface area contributed by atoms with Gasteiger partial charge in [-0.25, -0.2) is 14.0 Å². The van der Waals surface area contributed by atoms with Crippen molar-refractivity contribution in [1.29, 1.82) is 0 Å². The molecule has 1 aromatic heterocycles. The molecule has 1 aliphatic heterocycles. The average molecular weight is 486 g/mol. The monoisotopic (exact) mass is 485 g/mol. The van der Waals surface area contributed by atoms with Gasteiger partial charge in [0.25, 0.3) is 6.01 Å². The summed E-state index contributed by atoms with van der Waals surface area (Å²) in [7, 11) is 0. The summed E-state index contributed by atoms with van der Waals surface area (Å²) in [6.45, 7) is 3.33. The van der Waals surface area contributed by atoms with Gasteiger partial charge in [-0.15, -0.1) is 0 Å². The number of carboxylic acids is 2. The highest BCUT2D eigenvalue weighted by Crippen LogP contribution is 2.25. The summed E-state index contributed by atoms with van der Waals surface area (Å²) in [6.07, 6.45) is 3.06. The Morgan fingerprint density at radius 1 is 1.03 bits per heavy atom. The molecule has 0 radical (unpaired) electrons. The Labute approximate surface area is 201 Å². The first-order chi connectivity index (χ1) is 16.9. The van der Waals surface area contributed by atoms with Crippen LogP contribution in [0.5, 0.6) is 6.01 Å². The Bertz CT molecular complexity index is 1140. The van der Waals surface area contributed by atoms with E-state index in [2.05, 4.69) is 14.5 Å². The number of aliphatic hydroxyl groups excluding tert-OH is 1. The number of nitrogens with zero attached hydrogens (tertiary/aromatic N) is 3. The summed E-state index contributed by atoms with van der Waals surface area (Å²) in [5.41, 5.74) is 2.91. The molecule has 0 amide bonds. The Hall–Kier alpha value is -3.76. The average Bonchev–Trinajstić information content (AvgIpc) is 3.18. The lowest BCUT2D eigenvalue weighted by Crippen LogP contribution is -2.39. The van der Waals surface area contributed by atoms with Gasteiger partial charge in [-0.1, -0.05) is 24.3 Å². The highest BCUT2D eigenvalue weighted by atomic mass is 19.1. The van der Waals surface area contributed by atoms with Crippen LogP contribution in [0.15, 0.2) is 60.7 Å². The van der Waals surface area contributed by atoms with Gasteiger partial charge >= 0.3 is 11.9 Å². The van der Waals surface area contributed by atoms with Crippen molar-refractivity contribution in [2.24, 2.45) is 0 Å². The molecule has 10 heteroatoms. The molecule has 0 unspecified atom stereocenters. The van der Waals surface area contributed by atoms with E-state index in [1.807, 2.05) is 24.3 Å². The number of carbonyl (C=O) groups is 2. The maximum atomic E-state index is 13.2. The van der Waals surface area contributed by atoms with E-state index in [1.54, 1.807) is 12.1 Å². The third kappa shape index (κ3) is 7.90. The van der Waals surface area contributed by atoms with E-state index in [4.69, 9.17) is 20.1 Å². The molecule has 0 aliphatic carbocycles. The molecule has 4 rings (SSSR count). The van der Waals surface area contributed by atoms with Gasteiger partial charge in [0.2, 0.25) is 0 Å². The molecule has 35 heavy (non-hydrogen) atoms. The normalized spacial score (nSPS) is 14.6. The molecule has 0 atom stereocenters. The summed E-state index contributed by atoms with van der Waals surface area (Å²) in [6, 6.07) is 15.1. The predicted octanol–water partition coefficient (Wildman–Crippen LogP) is 2.77. The van der Waals surface area contributed by atoms with Crippen LogP contribution in [0, 0.1) is 5.82 Å². The fourth-order valence-corrected chi connectivity index (χ4v) is 3.75. The smallest absolute Gasteiger partial charge is 0.328 e. The summed E-state index contributed by atoms with van der Waals surface area (Å²) >= 11 is 0. The second-order valence-corrected chi connectivity index (χ2v) is 7.99. The molecule has 1 aliphatic rings. The standard InChI is InChI=1S/C21H24FN3O2.C4H4O4/c22-17-7-5-16(6-8-17)15-25-20-4-2-1-3-19(20)23-21(25)27-18-9-11-24(12-10-18)13-14-26;5-3(6)1-2-4(7)8/h1-8,18,26H,9-15H2;1-2H,(H,5,6)(H,7,8)/b;2-1+. The third-order valence-electron chi connectivity index (χ3n) is 5.46. The van der Waals surface area contributed by atoms with Gasteiger partial charge in [0.1, 0.15) is 11.9 Å². The lowest BCUT2D eigenvalue weighted by atomic mass is 10.1. The Morgan fingerprint density at radius 2 is 1.66 bits per heavy atom. The molecule has 0 spiro atoms. The molecular weight excluding hydrogens is 457 g/mol. The molecule has 3 N–H and O–H groups in total. The molecule has 3 aromatic rings. The summed E-state index contributed by atoms with van der Waals surface area (Å²) in [4.78, 5) is 26.0. The predicted molar refractivity (Wildman–Crippen MR) is 127 cm³/mol. The lowest BCUT2D eigenvalue weighted by Gasteiger charge is -2.31. The number of hydrogen-bond acceptors (Lipinski definition) is 6. The van der Waals surface area contributed by atoms with Gasteiger partial charge in [-0.2, -0.15) is 4.98 Å². The fraction of sp³-hybridized carbons (Fsp3) is 0.320. The van der Waals surface area contributed by atoms with Crippen molar-refractivity contribution in [3.8, 4) is 6.01 Å². The largest absolute Gasteiger partial charge is 0.478 e. The molecule has 1 saturated heterocycles. The number of aliphatic carboxylic acids is 2. The van der Waals surface area contributed by atoms with Crippen molar-refractivity contribution in [2.45, 2.75) is 25.5 Å². The number of rotatable bonds is 8. The van der Waals surface area contributed by atoms with Crippen LogP contribution in [0.1, 0.15) is 18.4 Å². The minimum absolute atomic E-state index is 0.115. The number of halogens is 1. The Kier molecular flexibility index (Phi) is 9.33. The number of benzene rings is 2. The number of β-amino-alcohol motifs (C(OH)–C–C–N with tert-alkyl or cyclic N) is 1. The van der Waals surface area contributed by atoms with E-state index >= 15 is 0 Å². The van der Waals surface area contributed by atoms with Gasteiger partial charge in [0, 0.05) is 31.8 Å². The van der Waals surface area contributed by atoms with Crippen LogP contribution >= 0.6 is 0 Å². The summed E-state index contributed by atoms with van der Waals surface area (Å²) in [5.74, 6) is -2.75. The SMILES string of the molecule is O=C(O)/C=C/C(=O)O.OCCN1CCC(Oc2nc3ccccc3n2Cc2ccc(F)cc2)CC1. The van der Waals surface area contributed by atoms with Gasteiger partial charge in [0.05, 0.1) is 24.2 Å². The van der Waals surface area contributed by atoms with E-state index in [9.17, 15) is 14.0 Å². The van der Waals surface area contributed by atoms with Crippen LogP contribution in [0.3, 0.4) is 0 Å². The number of para-hydroxylation sites is 2. The lowest BCUT2D eigenvalue weighted by molar-refractivity contribution is -0.134. The quantitative estimate of drug-likeness (QED) is 0.416. The number of fused-ring (bicyclic) bond motifs is 1. The summed E-state index contributed by atoms with van der Waals surface area (Å²) < 4.78 is 21.6. The number of likely N-dealkylation sites (tertiary alicyclic amines) is 1. The second kappa shape index (κ2) is 12.6. The van der Waals surface area contributed by atoms with Crippen LogP contribution in [0.2, 0.25) is 0 Å². The zero-order chi connectivity index (χ0) is 25.2. The number of hydrogen-bond donors (Lipinski definition) is 3. The first-order valence-corrected chi connectivity index (χ1v) is 11.2. The molecule has 0 saturated carbocycles. The first kappa shape index (κ1) is 25.9. The van der Waals surface area contributed by atoms with E-state index in [0.29, 0.717) is 24.7 Å². The molecule has 2 heterocycles. The second-order valence-electron chi connectivity index (χ2n) is 7.99. The van der Waals surface area contributed by atoms with Crippen molar-refractivity contribution in [2.75, 3.05) is 26.2 Å². The number of aliphatic hydroxyl groups is 1. The van der Waals surface area contributed by atoms with Crippen LogP contribution in [-0.2, 0) is 16.1 Å². The molecule has 9 nitrogen and oxygen atoms in total. The van der Waals surface area contributed by atoms with Crippen molar-refractivity contribution >= 4 is 23.0 Å². The van der Waals surface area contributed by atoms with Gasteiger partial charge < -0.3 is 25.0 Å². The van der Waals surface area contributed by atoms with Crippen molar-refractivity contribution in [1.82, 2.24) is 14.5 Å². The zero-order valence-corrected chi connectivity index (χ0v) is 19.1. The molecular formula is C25H28FN3O6. The van der Waals surface area contributed by atoms with Crippen LogP contribution in [0.4, 0.5) is 4.39 Å². The van der Waals surface area contributed by atoms with Gasteiger partial charge in [-0.05, 0) is 42.7 Å². The maximum absolute atomic E-state index is 13.2. The zero-order valence-electron chi connectivity index (χ0n) is 19.1. The summed E-state index contributed by atoms with van der Waals surface area (Å²) in [5, 5.41) is 24.7. The van der Waals surface area contributed by atoms with Gasteiger partial charge in [-0.3, -0.25) is 4.57 Å². The van der Waals surface area contributed by atoms with Crippen molar-refractivity contribution in [3.63, 3.8) is 0 Å². The Morgan fingerprint density at radius 3 is 2.26 bits per heavy atom. The van der Waals surface area contributed by atoms with E-state index in [1.165, 1.54) is 12.1 Å². The molecule has 1 fully saturated rings. The highest BCUT2D eigenvalue weighted by molar-refractivity contribution is 5.89. The van der Waals surface area contributed by atoms with Crippen molar-refractivity contribution < 1.29 is 34.0 Å². The topological polar surface area (TPSA) is 125 Å². The van der Waals surface area contributed by atoms with E-state index in [-0.39, 0.29) is 18.5 Å². The van der Waals surface area contributed by atoms with Crippen molar-refractivity contribution in [3.05, 3.63) is 72.1 Å². The number of piperidine rings is 1. The number of imidazole rings is 1. The molecule has 186 valence electrons. The molecule has 2 aromatic carbocycles. The third-order valence-corrected chi connectivity index (χ3v) is 5.46. The van der Waals surface area contributed by atoms with E-state index in [0.717, 1.165) is 49.1 Å². The first-order valence-electron chi connectivity index (χ1n) is 11.2. The number of ether oxygens (including phenoxy) is 1. The van der Waals surface area contributed by atoms with Crippen LogP contribution in [-0.4, -0.2) is 74.1 Å². The van der Waals surface area contributed by atoms with E-state index < -0.39 is 11.9 Å². The number of aromatic nitrogens is 2. The van der Waals surface area contributed by atoms with Gasteiger partial charge in [0.15, 0.2) is 0 Å². The fourth-order valence-electron chi connectivity index (χ4n) is 3.75. The Balaban J connectivity index is 0.000000371. The minimum Gasteiger partial charge on any atom is -0.478 e. The van der Waals surface area contributed by atoms with Crippen LogP contribution < -0.4 is 4.74 Å². The number of carboxylic acid groups (broad SMARTS) is 2. The minimum atomic E-state index is -1.26. The maximum Gasteiger partial charge on any atom is 0.328 e. The highest BCUT2D eigenvalue weighted by Gasteiger charge is 2.23. The van der Waals surface area contributed by atoms with Crippen LogP contribution in [0.25, 0.3) is 11.0 Å².